The molecule has 0 aliphatic heterocycles. The Bertz CT molecular complexity index is 413. The molecule has 0 saturated heterocycles. The van der Waals surface area contributed by atoms with E-state index in [9.17, 15) is 4.79 Å². The molecular weight excluding hydrogens is 320 g/mol. The summed E-state index contributed by atoms with van der Waals surface area (Å²) < 4.78 is 6.10. The van der Waals surface area contributed by atoms with E-state index in [-0.39, 0.29) is 17.2 Å². The molecule has 0 bridgehead atoms. The third kappa shape index (κ3) is 5.33. The van der Waals surface area contributed by atoms with Gasteiger partial charge >= 0.3 is 0 Å². The van der Waals surface area contributed by atoms with E-state index in [4.69, 9.17) is 16.3 Å². The zero-order valence-electron chi connectivity index (χ0n) is 10.4. The number of halogens is 2. The number of nitrogens with one attached hydrogen (secondary N) is 1. The maximum absolute atomic E-state index is 11.8. The average molecular weight is 336 g/mol. The van der Waals surface area contributed by atoms with Crippen LogP contribution in [-0.4, -0.2) is 30.1 Å². The van der Waals surface area contributed by atoms with E-state index < -0.39 is 0 Å². The average Bonchev–Trinajstić information content (AvgIpc) is 2.31. The second-order valence-corrected chi connectivity index (χ2v) is 5.29. The fourth-order valence-electron chi connectivity index (χ4n) is 1.27. The molecule has 1 rings (SSSR count). The monoisotopic (exact) mass is 334 g/mol. The third-order valence-electron chi connectivity index (χ3n) is 2.11. The number of carbonyl (C=O) groups is 1. The van der Waals surface area contributed by atoms with Gasteiger partial charge < -0.3 is 10.1 Å². The van der Waals surface area contributed by atoms with Crippen molar-refractivity contribution in [2.75, 3.05) is 13.2 Å². The Morgan fingerprint density at radius 2 is 2.33 bits per heavy atom. The number of aromatic nitrogens is 1. The summed E-state index contributed by atoms with van der Waals surface area (Å²) in [7, 11) is 0. The molecule has 0 atom stereocenters. The SMILES string of the molecule is CC(C)OCCCNC(=O)c1cc(Br)cnc1Cl. The van der Waals surface area contributed by atoms with Crippen LogP contribution in [0.1, 0.15) is 30.6 Å². The molecule has 0 aromatic carbocycles. The van der Waals surface area contributed by atoms with Gasteiger partial charge in [0.2, 0.25) is 0 Å². The van der Waals surface area contributed by atoms with Crippen LogP contribution in [0, 0.1) is 0 Å². The van der Waals surface area contributed by atoms with Gasteiger partial charge in [0.15, 0.2) is 0 Å². The van der Waals surface area contributed by atoms with Gasteiger partial charge in [-0.2, -0.15) is 0 Å². The molecule has 6 heteroatoms. The first kappa shape index (κ1) is 15.4. The first-order valence-corrected chi connectivity index (χ1v) is 6.88. The Morgan fingerprint density at radius 1 is 1.61 bits per heavy atom. The van der Waals surface area contributed by atoms with Crippen LogP contribution in [-0.2, 0) is 4.74 Å². The maximum Gasteiger partial charge on any atom is 0.254 e. The molecule has 0 unspecified atom stereocenters. The molecule has 0 aliphatic rings. The highest BCUT2D eigenvalue weighted by molar-refractivity contribution is 9.10. The molecule has 1 amide bonds. The lowest BCUT2D eigenvalue weighted by atomic mass is 10.2. The van der Waals surface area contributed by atoms with Crippen molar-refractivity contribution in [2.24, 2.45) is 0 Å². The zero-order valence-corrected chi connectivity index (χ0v) is 12.7. The Morgan fingerprint density at radius 3 is 3.00 bits per heavy atom. The first-order chi connectivity index (χ1) is 8.50. The van der Waals surface area contributed by atoms with E-state index in [1.54, 1.807) is 12.3 Å². The van der Waals surface area contributed by atoms with E-state index in [1.807, 2.05) is 13.8 Å². The maximum atomic E-state index is 11.8. The number of rotatable bonds is 6. The van der Waals surface area contributed by atoms with Crippen molar-refractivity contribution in [3.05, 3.63) is 27.5 Å². The summed E-state index contributed by atoms with van der Waals surface area (Å²) in [6.45, 7) is 5.13. The van der Waals surface area contributed by atoms with Gasteiger partial charge in [0.25, 0.3) is 5.91 Å². The molecule has 0 spiro atoms. The highest BCUT2D eigenvalue weighted by atomic mass is 79.9. The number of nitrogens with zero attached hydrogens (tertiary/aromatic N) is 1. The molecule has 18 heavy (non-hydrogen) atoms. The Labute approximate surface area is 120 Å². The van der Waals surface area contributed by atoms with Gasteiger partial charge in [-0.05, 0) is 42.3 Å². The van der Waals surface area contributed by atoms with Crippen molar-refractivity contribution >= 4 is 33.4 Å². The molecule has 1 aromatic rings. The van der Waals surface area contributed by atoms with Crippen molar-refractivity contribution in [2.45, 2.75) is 26.4 Å². The molecule has 1 aromatic heterocycles. The fourth-order valence-corrected chi connectivity index (χ4v) is 1.79. The topological polar surface area (TPSA) is 51.2 Å². The Hall–Kier alpha value is -0.650. The highest BCUT2D eigenvalue weighted by Gasteiger charge is 2.11. The molecule has 0 fully saturated rings. The van der Waals surface area contributed by atoms with Gasteiger partial charge in [0.05, 0.1) is 11.7 Å². The van der Waals surface area contributed by atoms with Gasteiger partial charge in [-0.1, -0.05) is 11.6 Å². The summed E-state index contributed by atoms with van der Waals surface area (Å²) in [5.41, 5.74) is 0.371. The quantitative estimate of drug-likeness (QED) is 0.642. The molecular formula is C12H16BrClN2O2. The molecule has 1 N–H and O–H groups in total. The Kier molecular flexibility index (Phi) is 6.60. The van der Waals surface area contributed by atoms with E-state index in [1.165, 1.54) is 0 Å². The summed E-state index contributed by atoms with van der Waals surface area (Å²) in [4.78, 5) is 15.7. The summed E-state index contributed by atoms with van der Waals surface area (Å²) in [6.07, 6.45) is 2.53. The lowest BCUT2D eigenvalue weighted by Gasteiger charge is -2.09. The lowest BCUT2D eigenvalue weighted by molar-refractivity contribution is 0.0757. The van der Waals surface area contributed by atoms with Crippen molar-refractivity contribution in [1.82, 2.24) is 10.3 Å². The predicted octanol–water partition coefficient (Wildman–Crippen LogP) is 3.04. The van der Waals surface area contributed by atoms with Gasteiger partial charge in [-0.25, -0.2) is 4.98 Å². The van der Waals surface area contributed by atoms with E-state index >= 15 is 0 Å². The molecule has 0 saturated carbocycles. The molecule has 0 aliphatic carbocycles. The van der Waals surface area contributed by atoms with Crippen LogP contribution in [0.25, 0.3) is 0 Å². The second kappa shape index (κ2) is 7.71. The van der Waals surface area contributed by atoms with Crippen LogP contribution in [0.3, 0.4) is 0 Å². The van der Waals surface area contributed by atoms with Crippen LogP contribution in [0.15, 0.2) is 16.7 Å². The minimum atomic E-state index is -0.224. The number of hydrogen-bond acceptors (Lipinski definition) is 3. The van der Waals surface area contributed by atoms with E-state index in [0.717, 1.165) is 10.9 Å². The Balaban J connectivity index is 2.39. The van der Waals surface area contributed by atoms with Crippen LogP contribution >= 0.6 is 27.5 Å². The van der Waals surface area contributed by atoms with Gasteiger partial charge in [-0.3, -0.25) is 4.79 Å². The number of carbonyl (C=O) groups excluding carboxylic acids is 1. The minimum absolute atomic E-state index is 0.203. The fraction of sp³-hybridized carbons (Fsp3) is 0.500. The van der Waals surface area contributed by atoms with E-state index in [0.29, 0.717) is 18.7 Å². The second-order valence-electron chi connectivity index (χ2n) is 4.02. The van der Waals surface area contributed by atoms with Crippen LogP contribution in [0.4, 0.5) is 0 Å². The summed E-state index contributed by atoms with van der Waals surface area (Å²) in [6, 6.07) is 1.65. The minimum Gasteiger partial charge on any atom is -0.379 e. The van der Waals surface area contributed by atoms with Gasteiger partial charge in [0, 0.05) is 23.8 Å². The number of pyridine rings is 1. The van der Waals surface area contributed by atoms with Crippen LogP contribution in [0.5, 0.6) is 0 Å². The highest BCUT2D eigenvalue weighted by Crippen LogP contribution is 2.17. The lowest BCUT2D eigenvalue weighted by Crippen LogP contribution is -2.26. The smallest absolute Gasteiger partial charge is 0.254 e. The van der Waals surface area contributed by atoms with Crippen molar-refractivity contribution in [3.8, 4) is 0 Å². The van der Waals surface area contributed by atoms with E-state index in [2.05, 4.69) is 26.2 Å². The number of hydrogen-bond donors (Lipinski definition) is 1. The van der Waals surface area contributed by atoms with Crippen molar-refractivity contribution in [1.29, 1.82) is 0 Å². The standard InChI is InChI=1S/C12H16BrClN2O2/c1-8(2)18-5-3-4-15-12(17)10-6-9(13)7-16-11(10)14/h6-8H,3-5H2,1-2H3,(H,15,17). The summed E-state index contributed by atoms with van der Waals surface area (Å²) in [5.74, 6) is -0.224. The van der Waals surface area contributed by atoms with Crippen LogP contribution in [0.2, 0.25) is 5.15 Å². The summed E-state index contributed by atoms with van der Waals surface area (Å²) in [5, 5.41) is 2.98. The molecule has 1 heterocycles. The number of amides is 1. The zero-order chi connectivity index (χ0) is 13.5. The van der Waals surface area contributed by atoms with Gasteiger partial charge in [-0.15, -0.1) is 0 Å². The normalized spacial score (nSPS) is 10.7. The first-order valence-electron chi connectivity index (χ1n) is 5.71. The van der Waals surface area contributed by atoms with Crippen LogP contribution < -0.4 is 5.32 Å². The largest absolute Gasteiger partial charge is 0.379 e. The molecule has 0 radical (unpaired) electrons. The number of ether oxygens (including phenoxy) is 1. The predicted molar refractivity (Wildman–Crippen MR) is 75.0 cm³/mol. The molecule has 100 valence electrons. The molecule has 4 nitrogen and oxygen atoms in total. The summed E-state index contributed by atoms with van der Waals surface area (Å²) >= 11 is 9.11. The third-order valence-corrected chi connectivity index (χ3v) is 2.84. The van der Waals surface area contributed by atoms with Crippen molar-refractivity contribution < 1.29 is 9.53 Å². The van der Waals surface area contributed by atoms with Gasteiger partial charge in [0.1, 0.15) is 5.15 Å². The van der Waals surface area contributed by atoms with Crippen molar-refractivity contribution in [3.63, 3.8) is 0 Å².